The number of nitrogens with one attached hydrogen (secondary N) is 2. The number of aromatic nitrogens is 1. The van der Waals surface area contributed by atoms with Crippen molar-refractivity contribution in [3.63, 3.8) is 0 Å². The van der Waals surface area contributed by atoms with Gasteiger partial charge in [-0.1, -0.05) is 60.7 Å². The molecular weight excluding hydrogens is 472 g/mol. The molecule has 3 aromatic carbocycles. The monoisotopic (exact) mass is 504 g/mol. The van der Waals surface area contributed by atoms with Crippen LogP contribution in [0.25, 0.3) is 17.0 Å². The smallest absolute Gasteiger partial charge is 0.270 e. The van der Waals surface area contributed by atoms with Gasteiger partial charge in [-0.2, -0.15) is 0 Å². The summed E-state index contributed by atoms with van der Waals surface area (Å²) in [7, 11) is 0. The first-order valence-electron chi connectivity index (χ1n) is 13.4. The molecule has 0 bridgehead atoms. The number of aryl methyl sites for hydroxylation is 1. The quantitative estimate of drug-likeness (QED) is 0.389. The third-order valence-corrected chi connectivity index (χ3v) is 7.87. The third-order valence-electron chi connectivity index (χ3n) is 7.87. The Morgan fingerprint density at radius 1 is 0.842 bits per heavy atom. The first-order chi connectivity index (χ1) is 18.7. The summed E-state index contributed by atoms with van der Waals surface area (Å²) >= 11 is 0. The molecule has 6 nitrogen and oxygen atoms in total. The van der Waals surface area contributed by atoms with E-state index in [1.807, 2.05) is 53.6 Å². The average molecular weight is 505 g/mol. The van der Waals surface area contributed by atoms with E-state index in [4.69, 9.17) is 0 Å². The van der Waals surface area contributed by atoms with Crippen LogP contribution in [0.1, 0.15) is 33.5 Å². The first-order valence-corrected chi connectivity index (χ1v) is 13.4. The van der Waals surface area contributed by atoms with Gasteiger partial charge in [0, 0.05) is 60.4 Å². The molecule has 2 N–H and O–H groups in total. The molecule has 1 aromatic heterocycles. The zero-order valence-corrected chi connectivity index (χ0v) is 21.4. The number of hydrogen-bond donors (Lipinski definition) is 2. The molecule has 192 valence electrons. The van der Waals surface area contributed by atoms with E-state index < -0.39 is 0 Å². The highest BCUT2D eigenvalue weighted by Crippen LogP contribution is 2.26. The fourth-order valence-electron chi connectivity index (χ4n) is 5.75. The van der Waals surface area contributed by atoms with E-state index in [0.717, 1.165) is 48.8 Å². The van der Waals surface area contributed by atoms with Crippen LogP contribution in [0.3, 0.4) is 0 Å². The van der Waals surface area contributed by atoms with E-state index in [-0.39, 0.29) is 11.8 Å². The fraction of sp³-hybridized carbons (Fsp3) is 0.250. The Labute approximate surface area is 223 Å². The number of H-pyrrole nitrogens is 1. The normalized spacial score (nSPS) is 18.3. The molecule has 1 fully saturated rings. The number of para-hydroxylation sites is 1. The van der Waals surface area contributed by atoms with E-state index in [0.29, 0.717) is 30.4 Å². The molecule has 0 unspecified atom stereocenters. The Hall–Kier alpha value is -4.16. The van der Waals surface area contributed by atoms with Crippen LogP contribution in [0.4, 0.5) is 0 Å². The van der Waals surface area contributed by atoms with Crippen molar-refractivity contribution in [2.45, 2.75) is 25.3 Å². The van der Waals surface area contributed by atoms with E-state index in [9.17, 15) is 9.59 Å². The second-order valence-electron chi connectivity index (χ2n) is 10.2. The molecular formula is C32H32N4O2. The lowest BCUT2D eigenvalue weighted by Crippen LogP contribution is -2.54. The van der Waals surface area contributed by atoms with Crippen LogP contribution in [0.2, 0.25) is 0 Å². The van der Waals surface area contributed by atoms with Gasteiger partial charge in [-0.05, 0) is 54.7 Å². The molecule has 1 aliphatic carbocycles. The lowest BCUT2D eigenvalue weighted by atomic mass is 9.87. The van der Waals surface area contributed by atoms with Crippen molar-refractivity contribution < 1.29 is 9.59 Å². The second-order valence-corrected chi connectivity index (χ2v) is 10.2. The van der Waals surface area contributed by atoms with Gasteiger partial charge in [0.05, 0.1) is 0 Å². The van der Waals surface area contributed by atoms with Crippen LogP contribution in [0.5, 0.6) is 0 Å². The van der Waals surface area contributed by atoms with Gasteiger partial charge in [0.25, 0.3) is 11.8 Å². The van der Waals surface area contributed by atoms with Gasteiger partial charge in [-0.15, -0.1) is 0 Å². The lowest BCUT2D eigenvalue weighted by Gasteiger charge is -2.41. The Morgan fingerprint density at radius 3 is 2.37 bits per heavy atom. The lowest BCUT2D eigenvalue weighted by molar-refractivity contribution is -0.129. The standard InChI is InChI=1S/C32H32N4O2/c37-31(24-9-2-1-3-10-24)34-30(21-26-22-33-29-13-7-6-12-28(26)29)32(38)36-18-16-35(17-19-36)27-15-14-23-8-4-5-11-25(23)20-27/h1-13,21-22,27,33H,14-20H2,(H,34,37)/b30-21-/t27-/m1/s1. The molecule has 0 saturated carbocycles. The minimum Gasteiger partial charge on any atom is -0.361 e. The summed E-state index contributed by atoms with van der Waals surface area (Å²) in [5.74, 6) is -0.433. The van der Waals surface area contributed by atoms with Gasteiger partial charge in [0.15, 0.2) is 0 Å². The van der Waals surface area contributed by atoms with Crippen LogP contribution >= 0.6 is 0 Å². The van der Waals surface area contributed by atoms with Crippen molar-refractivity contribution in [1.29, 1.82) is 0 Å². The number of amides is 2. The molecule has 1 aliphatic heterocycles. The Kier molecular flexibility index (Phi) is 6.80. The molecule has 6 rings (SSSR count). The fourth-order valence-corrected chi connectivity index (χ4v) is 5.75. The summed E-state index contributed by atoms with van der Waals surface area (Å²) in [5, 5.41) is 3.93. The van der Waals surface area contributed by atoms with Crippen molar-refractivity contribution in [2.24, 2.45) is 0 Å². The van der Waals surface area contributed by atoms with Gasteiger partial charge in [-0.25, -0.2) is 0 Å². The number of piperazine rings is 1. The number of carbonyl (C=O) groups is 2. The zero-order chi connectivity index (χ0) is 25.9. The number of aromatic amines is 1. The molecule has 2 amide bonds. The average Bonchev–Trinajstić information content (AvgIpc) is 3.39. The highest BCUT2D eigenvalue weighted by atomic mass is 16.2. The number of hydrogen-bond acceptors (Lipinski definition) is 3. The summed E-state index contributed by atoms with van der Waals surface area (Å²) in [6.45, 7) is 2.96. The number of benzene rings is 3. The number of carbonyl (C=O) groups excluding carboxylic acids is 2. The van der Waals surface area contributed by atoms with E-state index in [1.54, 1.807) is 18.2 Å². The van der Waals surface area contributed by atoms with Crippen LogP contribution in [-0.4, -0.2) is 58.8 Å². The molecule has 0 spiro atoms. The Balaban J connectivity index is 1.19. The van der Waals surface area contributed by atoms with Crippen molar-refractivity contribution in [2.75, 3.05) is 26.2 Å². The SMILES string of the molecule is O=C(N/C(=C\c1c[nH]c2ccccc12)C(=O)N1CCN([C@@H]2CCc3ccccc3C2)CC1)c1ccccc1. The molecule has 1 atom stereocenters. The van der Waals surface area contributed by atoms with Crippen molar-refractivity contribution in [3.8, 4) is 0 Å². The summed E-state index contributed by atoms with van der Waals surface area (Å²) in [6.07, 6.45) is 7.02. The summed E-state index contributed by atoms with van der Waals surface area (Å²) in [5.41, 5.74) is 5.60. The summed E-state index contributed by atoms with van der Waals surface area (Å²) < 4.78 is 0. The van der Waals surface area contributed by atoms with Gasteiger partial charge in [-0.3, -0.25) is 14.5 Å². The first kappa shape index (κ1) is 24.2. The minimum absolute atomic E-state index is 0.145. The predicted molar refractivity (Wildman–Crippen MR) is 151 cm³/mol. The molecule has 0 radical (unpaired) electrons. The molecule has 38 heavy (non-hydrogen) atoms. The van der Waals surface area contributed by atoms with Crippen molar-refractivity contribution in [1.82, 2.24) is 20.1 Å². The molecule has 2 aliphatic rings. The van der Waals surface area contributed by atoms with E-state index in [2.05, 4.69) is 39.5 Å². The maximum atomic E-state index is 13.8. The predicted octanol–water partition coefficient (Wildman–Crippen LogP) is 4.64. The Morgan fingerprint density at radius 2 is 1.55 bits per heavy atom. The summed E-state index contributed by atoms with van der Waals surface area (Å²) in [4.78, 5) is 34.5. The Bertz CT molecular complexity index is 1480. The van der Waals surface area contributed by atoms with E-state index in [1.165, 1.54) is 11.1 Å². The highest BCUT2D eigenvalue weighted by molar-refractivity contribution is 6.06. The van der Waals surface area contributed by atoms with Crippen LogP contribution in [0.15, 0.2) is 90.8 Å². The third kappa shape index (κ3) is 5.00. The highest BCUT2D eigenvalue weighted by Gasteiger charge is 2.30. The van der Waals surface area contributed by atoms with Gasteiger partial charge in [0.1, 0.15) is 5.70 Å². The molecule has 4 aromatic rings. The minimum atomic E-state index is -0.287. The van der Waals surface area contributed by atoms with Gasteiger partial charge < -0.3 is 15.2 Å². The van der Waals surface area contributed by atoms with Crippen LogP contribution < -0.4 is 5.32 Å². The zero-order valence-electron chi connectivity index (χ0n) is 21.4. The van der Waals surface area contributed by atoms with Crippen LogP contribution in [-0.2, 0) is 17.6 Å². The molecule has 1 saturated heterocycles. The van der Waals surface area contributed by atoms with Gasteiger partial charge >= 0.3 is 0 Å². The number of nitrogens with zero attached hydrogens (tertiary/aromatic N) is 2. The number of rotatable bonds is 5. The van der Waals surface area contributed by atoms with Crippen molar-refractivity contribution >= 4 is 28.8 Å². The molecule has 2 heterocycles. The largest absolute Gasteiger partial charge is 0.361 e. The maximum Gasteiger partial charge on any atom is 0.270 e. The second kappa shape index (κ2) is 10.7. The molecule has 6 heteroatoms. The van der Waals surface area contributed by atoms with E-state index >= 15 is 0 Å². The van der Waals surface area contributed by atoms with Crippen molar-refractivity contribution in [3.05, 3.63) is 113 Å². The van der Waals surface area contributed by atoms with Crippen LogP contribution in [0, 0.1) is 0 Å². The number of fused-ring (bicyclic) bond motifs is 2. The maximum absolute atomic E-state index is 13.8. The topological polar surface area (TPSA) is 68.4 Å². The summed E-state index contributed by atoms with van der Waals surface area (Å²) in [6, 6.07) is 26.2. The van der Waals surface area contributed by atoms with Gasteiger partial charge in [0.2, 0.25) is 0 Å².